The van der Waals surface area contributed by atoms with E-state index >= 15 is 0 Å². The second-order valence-corrected chi connectivity index (χ2v) is 22.0. The molecule has 0 radical (unpaired) electrons. The third kappa shape index (κ3) is 7.08. The van der Waals surface area contributed by atoms with Crippen molar-refractivity contribution in [2.45, 2.75) is 152 Å². The molecule has 5 aliphatic carbocycles. The number of aromatic nitrogens is 1. The molecule has 10 atom stereocenters. The lowest BCUT2D eigenvalue weighted by atomic mass is 9.32. The minimum Gasteiger partial charge on any atom is -0.481 e. The molecule has 1 aliphatic heterocycles. The Hall–Kier alpha value is -2.74. The van der Waals surface area contributed by atoms with Crippen LogP contribution in [-0.4, -0.2) is 70.0 Å². The molecule has 310 valence electrons. The number of carboxylic acids is 1. The van der Waals surface area contributed by atoms with Gasteiger partial charge in [0.25, 0.3) is 0 Å². The van der Waals surface area contributed by atoms with Gasteiger partial charge in [0, 0.05) is 50.8 Å². The number of nitrogens with zero attached hydrogens (tertiary/aromatic N) is 3. The molecular weight excluding hydrogens is 699 g/mol. The highest BCUT2D eigenvalue weighted by atomic mass is 16.5. The van der Waals surface area contributed by atoms with E-state index in [-0.39, 0.29) is 52.0 Å². The average molecular weight is 772 g/mol. The number of ether oxygens (including phenoxy) is 1. The van der Waals surface area contributed by atoms with E-state index in [0.717, 1.165) is 70.5 Å². The number of pyridine rings is 1. The molecule has 1 amide bonds. The number of aliphatic carboxylic acids is 1. The lowest BCUT2D eigenvalue weighted by Crippen LogP contribution is -2.67. The quantitative estimate of drug-likeness (QED) is 0.187. The van der Waals surface area contributed by atoms with Crippen LogP contribution in [0.25, 0.3) is 0 Å². The Morgan fingerprint density at radius 2 is 1.61 bits per heavy atom. The highest BCUT2D eigenvalue weighted by Crippen LogP contribution is 2.78. The summed E-state index contributed by atoms with van der Waals surface area (Å²) in [6, 6.07) is 6.10. The number of piperazine rings is 1. The van der Waals surface area contributed by atoms with E-state index in [1.54, 1.807) is 0 Å². The minimum atomic E-state index is -0.882. The van der Waals surface area contributed by atoms with E-state index in [2.05, 4.69) is 75.0 Å². The fraction of sp³-hybridized carbons (Fsp3) is 0.792. The van der Waals surface area contributed by atoms with Crippen molar-refractivity contribution in [3.8, 4) is 0 Å². The maximum atomic E-state index is 14.4. The Balaban J connectivity index is 1.06. The molecule has 1 unspecified atom stereocenters. The number of hydrogen-bond donors (Lipinski definition) is 1. The van der Waals surface area contributed by atoms with Gasteiger partial charge in [-0.25, -0.2) is 0 Å². The first-order valence-electron chi connectivity index (χ1n) is 22.2. The number of carbonyl (C=O) groups is 3. The fourth-order valence-corrected chi connectivity index (χ4v) is 15.1. The highest BCUT2D eigenvalue weighted by molar-refractivity contribution is 5.77. The summed E-state index contributed by atoms with van der Waals surface area (Å²) < 4.78 is 6.31. The normalized spacial score (nSPS) is 39.4. The summed E-state index contributed by atoms with van der Waals surface area (Å²) >= 11 is 0. The van der Waals surface area contributed by atoms with Gasteiger partial charge in [-0.3, -0.25) is 24.3 Å². The van der Waals surface area contributed by atoms with Crippen molar-refractivity contribution >= 4 is 17.8 Å². The molecule has 8 nitrogen and oxygen atoms in total. The maximum absolute atomic E-state index is 14.4. The number of carbonyl (C=O) groups excluding carboxylic acids is 2. The van der Waals surface area contributed by atoms with E-state index < -0.39 is 11.4 Å². The van der Waals surface area contributed by atoms with E-state index in [1.165, 1.54) is 37.7 Å². The molecule has 0 bridgehead atoms. The molecule has 1 aromatic heterocycles. The largest absolute Gasteiger partial charge is 0.481 e. The molecule has 0 aromatic carbocycles. The van der Waals surface area contributed by atoms with Crippen molar-refractivity contribution in [1.82, 2.24) is 14.8 Å². The molecule has 6 aliphatic rings. The summed E-state index contributed by atoms with van der Waals surface area (Å²) in [5.41, 5.74) is 2.21. The lowest BCUT2D eigenvalue weighted by Gasteiger charge is -2.73. The van der Waals surface area contributed by atoms with Crippen molar-refractivity contribution in [2.24, 2.45) is 62.1 Å². The number of amides is 1. The van der Waals surface area contributed by atoms with Gasteiger partial charge in [-0.05, 0) is 140 Å². The monoisotopic (exact) mass is 772 g/mol. The zero-order valence-electron chi connectivity index (χ0n) is 36.1. The van der Waals surface area contributed by atoms with E-state index in [4.69, 9.17) is 4.74 Å². The van der Waals surface area contributed by atoms with Gasteiger partial charge in [0.1, 0.15) is 6.10 Å². The third-order valence-electron chi connectivity index (χ3n) is 18.0. The average Bonchev–Trinajstić information content (AvgIpc) is 3.49. The standard InChI is InChI=1S/C48H73N3O5/c1-32(2)34-15-20-48(28-39(52)51-26-24-50(25-27-51)31-33-12-10-11-23-49-33)22-21-46(8)35(42(34)48)13-14-37-45(7)18-17-38(44(5,6)36(45)16-19-47(37,46)9)56-41(55)30-43(3,4)29-40(53)54/h10-12,23,34-38,42H,1,13-22,24-31H2,2-9H3,(H,53,54)/t34?,35-,36+,37-,38+,42-,45+,46-,47-,48-/m1/s1. The first-order chi connectivity index (χ1) is 26.2. The summed E-state index contributed by atoms with van der Waals surface area (Å²) in [4.78, 5) is 48.2. The van der Waals surface area contributed by atoms with Crippen molar-refractivity contribution in [3.05, 3.63) is 42.2 Å². The van der Waals surface area contributed by atoms with E-state index in [1.807, 2.05) is 26.1 Å². The Kier molecular flexibility index (Phi) is 11.0. The molecule has 6 fully saturated rings. The van der Waals surface area contributed by atoms with Gasteiger partial charge in [-0.1, -0.05) is 66.7 Å². The highest BCUT2D eigenvalue weighted by Gasteiger charge is 2.71. The number of carboxylic acid groups (broad SMARTS) is 1. The Morgan fingerprint density at radius 1 is 0.875 bits per heavy atom. The van der Waals surface area contributed by atoms with E-state index in [9.17, 15) is 19.5 Å². The van der Waals surface area contributed by atoms with Crippen LogP contribution in [0.4, 0.5) is 0 Å². The smallest absolute Gasteiger partial charge is 0.306 e. The van der Waals surface area contributed by atoms with Crippen LogP contribution in [0.2, 0.25) is 0 Å². The Bertz CT molecular complexity index is 1670. The first-order valence-corrected chi connectivity index (χ1v) is 22.2. The van der Waals surface area contributed by atoms with Gasteiger partial charge in [-0.15, -0.1) is 0 Å². The van der Waals surface area contributed by atoms with Gasteiger partial charge < -0.3 is 14.7 Å². The maximum Gasteiger partial charge on any atom is 0.306 e. The second kappa shape index (κ2) is 14.8. The van der Waals surface area contributed by atoms with Crippen LogP contribution in [0.15, 0.2) is 36.5 Å². The topological polar surface area (TPSA) is 100 Å². The summed E-state index contributed by atoms with van der Waals surface area (Å²) in [5.74, 6) is 1.86. The third-order valence-corrected chi connectivity index (χ3v) is 18.0. The summed E-state index contributed by atoms with van der Waals surface area (Å²) in [5, 5.41) is 9.38. The second-order valence-electron chi connectivity index (χ2n) is 22.0. The molecule has 7 rings (SSSR count). The summed E-state index contributed by atoms with van der Waals surface area (Å²) in [6.07, 6.45) is 13.8. The van der Waals surface area contributed by atoms with Gasteiger partial charge in [-0.2, -0.15) is 0 Å². The van der Waals surface area contributed by atoms with Crippen LogP contribution in [-0.2, 0) is 25.7 Å². The van der Waals surface area contributed by atoms with Crippen molar-refractivity contribution in [1.29, 1.82) is 0 Å². The van der Waals surface area contributed by atoms with Crippen molar-refractivity contribution in [2.75, 3.05) is 26.2 Å². The number of rotatable bonds is 10. The minimum absolute atomic E-state index is 0.0482. The van der Waals surface area contributed by atoms with Crippen molar-refractivity contribution in [3.63, 3.8) is 0 Å². The molecule has 5 saturated carbocycles. The van der Waals surface area contributed by atoms with Crippen LogP contribution >= 0.6 is 0 Å². The fourth-order valence-electron chi connectivity index (χ4n) is 15.1. The predicted molar refractivity (Wildman–Crippen MR) is 220 cm³/mol. The number of hydrogen-bond acceptors (Lipinski definition) is 6. The number of allylic oxidation sites excluding steroid dienone is 1. The molecule has 1 aromatic rings. The van der Waals surface area contributed by atoms with Crippen LogP contribution < -0.4 is 0 Å². The SMILES string of the molecule is C=C(C)C1CC[C@]2(CC(=O)N3CCN(Cc4ccccn4)CC3)CC[C@]3(C)[C@H](CC[C@@H]4[C@@]5(C)CC[C@H](OC(=O)CC(C)(C)CC(=O)O)C(C)(C)[C@@H]5CC[C@]43C)[C@@H]12. The zero-order chi connectivity index (χ0) is 40.5. The van der Waals surface area contributed by atoms with Crippen molar-refractivity contribution < 1.29 is 24.2 Å². The molecule has 1 saturated heterocycles. The summed E-state index contributed by atoms with van der Waals surface area (Å²) in [6.45, 7) is 27.4. The first kappa shape index (κ1) is 41.4. The van der Waals surface area contributed by atoms with Gasteiger partial charge in [0.05, 0.1) is 18.5 Å². The Labute approximate surface area is 338 Å². The lowest BCUT2D eigenvalue weighted by molar-refractivity contribution is -0.250. The van der Waals surface area contributed by atoms with Crippen LogP contribution in [0.3, 0.4) is 0 Å². The van der Waals surface area contributed by atoms with Crippen LogP contribution in [0.1, 0.15) is 145 Å². The number of esters is 1. The molecule has 8 heteroatoms. The van der Waals surface area contributed by atoms with E-state index in [0.29, 0.717) is 41.9 Å². The zero-order valence-corrected chi connectivity index (χ0v) is 36.1. The predicted octanol–water partition coefficient (Wildman–Crippen LogP) is 9.58. The molecule has 56 heavy (non-hydrogen) atoms. The summed E-state index contributed by atoms with van der Waals surface area (Å²) in [7, 11) is 0. The molecule has 1 N–H and O–H groups in total. The van der Waals surface area contributed by atoms with Gasteiger partial charge in [0.15, 0.2) is 0 Å². The van der Waals surface area contributed by atoms with Gasteiger partial charge in [0.2, 0.25) is 5.91 Å². The van der Waals surface area contributed by atoms with Gasteiger partial charge >= 0.3 is 11.9 Å². The Morgan fingerprint density at radius 3 is 2.27 bits per heavy atom. The van der Waals surface area contributed by atoms with Crippen LogP contribution in [0.5, 0.6) is 0 Å². The molecule has 2 heterocycles. The molecule has 0 spiro atoms. The molecular formula is C48H73N3O5. The number of fused-ring (bicyclic) bond motifs is 7. The van der Waals surface area contributed by atoms with Crippen LogP contribution in [0, 0.1) is 62.1 Å².